The molecular weight excluding hydrogens is 374 g/mol. The van der Waals surface area contributed by atoms with Gasteiger partial charge in [0.1, 0.15) is 17.1 Å². The molecular formula is C25H25N3O2. The van der Waals surface area contributed by atoms with Gasteiger partial charge in [-0.25, -0.2) is 4.98 Å². The van der Waals surface area contributed by atoms with Gasteiger partial charge < -0.3 is 15.0 Å². The highest BCUT2D eigenvalue weighted by Gasteiger charge is 2.14. The van der Waals surface area contributed by atoms with Crippen LogP contribution in [0.15, 0.2) is 66.7 Å². The van der Waals surface area contributed by atoms with Crippen molar-refractivity contribution < 1.29 is 9.53 Å². The molecule has 0 radical (unpaired) electrons. The minimum absolute atomic E-state index is 0.419. The van der Waals surface area contributed by atoms with Gasteiger partial charge in [-0.1, -0.05) is 55.5 Å². The van der Waals surface area contributed by atoms with E-state index in [0.29, 0.717) is 5.56 Å². The Morgan fingerprint density at radius 2 is 1.80 bits per heavy atom. The third-order valence-corrected chi connectivity index (χ3v) is 5.31. The molecule has 1 aromatic heterocycles. The van der Waals surface area contributed by atoms with E-state index in [9.17, 15) is 4.79 Å². The van der Waals surface area contributed by atoms with Gasteiger partial charge in [-0.05, 0) is 41.3 Å². The van der Waals surface area contributed by atoms with E-state index in [-0.39, 0.29) is 0 Å². The lowest BCUT2D eigenvalue weighted by Crippen LogP contribution is -2.12. The molecule has 0 spiro atoms. The Bertz CT molecular complexity index is 1190. The van der Waals surface area contributed by atoms with Crippen molar-refractivity contribution in [2.24, 2.45) is 5.73 Å². The summed E-state index contributed by atoms with van der Waals surface area (Å²) in [6, 6.07) is 21.7. The smallest absolute Gasteiger partial charge is 0.249 e. The molecule has 4 aromatic rings. The van der Waals surface area contributed by atoms with Gasteiger partial charge in [-0.15, -0.1) is 0 Å². The average Bonchev–Trinajstić information content (AvgIpc) is 3.11. The number of fused-ring (bicyclic) bond motifs is 1. The molecule has 0 aliphatic heterocycles. The summed E-state index contributed by atoms with van der Waals surface area (Å²) in [5.41, 5.74) is 11.0. The number of aromatic nitrogens is 2. The standard InChI is InChI=1S/C25H25N3O2/c1-3-7-23-27-24-21(10-6-11-22(24)30-2)28(23)16-17-12-14-18(15-13-17)19-8-4-5-9-20(19)25(26)29/h4-6,8-15H,3,7,16H2,1-2H3,(H2,26,29). The summed E-state index contributed by atoms with van der Waals surface area (Å²) in [6.07, 6.45) is 1.93. The molecule has 1 heterocycles. The number of benzene rings is 3. The normalized spacial score (nSPS) is 11.0. The molecule has 30 heavy (non-hydrogen) atoms. The molecule has 2 N–H and O–H groups in total. The van der Waals surface area contributed by atoms with Gasteiger partial charge in [-0.2, -0.15) is 0 Å². The van der Waals surface area contributed by atoms with Gasteiger partial charge in [0.25, 0.3) is 0 Å². The second-order valence-corrected chi connectivity index (χ2v) is 7.30. The van der Waals surface area contributed by atoms with Crippen molar-refractivity contribution in [3.05, 3.63) is 83.7 Å². The van der Waals surface area contributed by atoms with E-state index in [1.165, 1.54) is 0 Å². The molecule has 0 bridgehead atoms. The number of nitrogens with zero attached hydrogens (tertiary/aromatic N) is 2. The van der Waals surface area contributed by atoms with Crippen LogP contribution in [0.5, 0.6) is 5.75 Å². The van der Waals surface area contributed by atoms with Crippen molar-refractivity contribution in [3.8, 4) is 16.9 Å². The fourth-order valence-electron chi connectivity index (χ4n) is 3.85. The van der Waals surface area contributed by atoms with Gasteiger partial charge >= 0.3 is 0 Å². The zero-order valence-corrected chi connectivity index (χ0v) is 17.3. The summed E-state index contributed by atoms with van der Waals surface area (Å²) in [5, 5.41) is 0. The zero-order chi connectivity index (χ0) is 21.1. The molecule has 1 amide bonds. The summed E-state index contributed by atoms with van der Waals surface area (Å²) in [4.78, 5) is 16.6. The first-order valence-electron chi connectivity index (χ1n) is 10.1. The predicted molar refractivity (Wildman–Crippen MR) is 120 cm³/mol. The summed E-state index contributed by atoms with van der Waals surface area (Å²) >= 11 is 0. The van der Waals surface area contributed by atoms with Gasteiger partial charge in [0.15, 0.2) is 0 Å². The van der Waals surface area contributed by atoms with Crippen molar-refractivity contribution in [1.82, 2.24) is 9.55 Å². The van der Waals surface area contributed by atoms with Crippen molar-refractivity contribution >= 4 is 16.9 Å². The number of rotatable bonds is 7. The number of para-hydroxylation sites is 1. The van der Waals surface area contributed by atoms with Crippen LogP contribution in [0, 0.1) is 0 Å². The molecule has 4 rings (SSSR count). The maximum absolute atomic E-state index is 11.8. The first-order chi connectivity index (χ1) is 14.6. The second kappa shape index (κ2) is 8.41. The topological polar surface area (TPSA) is 70.1 Å². The number of imidazole rings is 1. The molecule has 0 saturated heterocycles. The molecule has 0 unspecified atom stereocenters. The van der Waals surface area contributed by atoms with Gasteiger partial charge in [0.05, 0.1) is 12.6 Å². The molecule has 0 atom stereocenters. The van der Waals surface area contributed by atoms with Crippen LogP contribution < -0.4 is 10.5 Å². The lowest BCUT2D eigenvalue weighted by atomic mass is 9.98. The Hall–Kier alpha value is -3.60. The summed E-state index contributed by atoms with van der Waals surface area (Å²) in [6.45, 7) is 2.88. The van der Waals surface area contributed by atoms with Gasteiger partial charge in [0.2, 0.25) is 5.91 Å². The van der Waals surface area contributed by atoms with Crippen LogP contribution in [-0.2, 0) is 13.0 Å². The van der Waals surface area contributed by atoms with E-state index < -0.39 is 5.91 Å². The highest BCUT2D eigenvalue weighted by Crippen LogP contribution is 2.28. The molecule has 3 aromatic carbocycles. The molecule has 0 aliphatic carbocycles. The summed E-state index contributed by atoms with van der Waals surface area (Å²) in [7, 11) is 1.68. The van der Waals surface area contributed by atoms with E-state index in [1.54, 1.807) is 13.2 Å². The van der Waals surface area contributed by atoms with E-state index in [0.717, 1.165) is 58.7 Å². The Balaban J connectivity index is 1.70. The third-order valence-electron chi connectivity index (χ3n) is 5.31. The molecule has 0 aliphatic rings. The van der Waals surface area contributed by atoms with Crippen LogP contribution >= 0.6 is 0 Å². The number of aryl methyl sites for hydroxylation is 1. The summed E-state index contributed by atoms with van der Waals surface area (Å²) in [5.74, 6) is 1.43. The van der Waals surface area contributed by atoms with E-state index in [1.807, 2.05) is 42.5 Å². The van der Waals surface area contributed by atoms with Crippen LogP contribution in [0.3, 0.4) is 0 Å². The number of nitrogens with two attached hydrogens (primary N) is 1. The Morgan fingerprint density at radius 3 is 2.50 bits per heavy atom. The van der Waals surface area contributed by atoms with Crippen LogP contribution in [0.1, 0.15) is 35.1 Å². The molecule has 0 fully saturated rings. The Kier molecular flexibility index (Phi) is 5.53. The maximum atomic E-state index is 11.8. The zero-order valence-electron chi connectivity index (χ0n) is 17.3. The van der Waals surface area contributed by atoms with Crippen molar-refractivity contribution in [2.75, 3.05) is 7.11 Å². The number of hydrogen-bond donors (Lipinski definition) is 1. The van der Waals surface area contributed by atoms with Crippen molar-refractivity contribution in [3.63, 3.8) is 0 Å². The molecule has 5 heteroatoms. The van der Waals surface area contributed by atoms with E-state index in [4.69, 9.17) is 15.5 Å². The maximum Gasteiger partial charge on any atom is 0.249 e. The van der Waals surface area contributed by atoms with Gasteiger partial charge in [-0.3, -0.25) is 4.79 Å². The van der Waals surface area contributed by atoms with Crippen LogP contribution in [0.4, 0.5) is 0 Å². The Morgan fingerprint density at radius 1 is 1.03 bits per heavy atom. The highest BCUT2D eigenvalue weighted by atomic mass is 16.5. The van der Waals surface area contributed by atoms with E-state index >= 15 is 0 Å². The quantitative estimate of drug-likeness (QED) is 0.485. The SMILES string of the molecule is CCCc1nc2c(OC)cccc2n1Cc1ccc(-c2ccccc2C(N)=O)cc1. The van der Waals surface area contributed by atoms with Crippen LogP contribution in [0.2, 0.25) is 0 Å². The van der Waals surface area contributed by atoms with Crippen LogP contribution in [-0.4, -0.2) is 22.6 Å². The fraction of sp³-hybridized carbons (Fsp3) is 0.200. The number of carbonyl (C=O) groups is 1. The van der Waals surface area contributed by atoms with Crippen molar-refractivity contribution in [1.29, 1.82) is 0 Å². The lowest BCUT2D eigenvalue weighted by molar-refractivity contribution is 0.100. The van der Waals surface area contributed by atoms with Crippen LogP contribution in [0.25, 0.3) is 22.2 Å². The second-order valence-electron chi connectivity index (χ2n) is 7.30. The van der Waals surface area contributed by atoms with Crippen molar-refractivity contribution in [2.45, 2.75) is 26.3 Å². The average molecular weight is 399 g/mol. The lowest BCUT2D eigenvalue weighted by Gasteiger charge is -2.11. The monoisotopic (exact) mass is 399 g/mol. The first kappa shape index (κ1) is 19.7. The number of hydrogen-bond acceptors (Lipinski definition) is 3. The number of carbonyl (C=O) groups excluding carboxylic acids is 1. The molecule has 5 nitrogen and oxygen atoms in total. The molecule has 0 saturated carbocycles. The highest BCUT2D eigenvalue weighted by molar-refractivity contribution is 5.99. The summed E-state index contributed by atoms with van der Waals surface area (Å²) < 4.78 is 7.76. The Labute approximate surface area is 176 Å². The third kappa shape index (κ3) is 3.66. The fourth-order valence-corrected chi connectivity index (χ4v) is 3.85. The number of primary amides is 1. The number of amides is 1. The number of methoxy groups -OCH3 is 1. The van der Waals surface area contributed by atoms with Gasteiger partial charge in [0, 0.05) is 18.5 Å². The molecule has 152 valence electrons. The largest absolute Gasteiger partial charge is 0.494 e. The minimum atomic E-state index is -0.419. The minimum Gasteiger partial charge on any atom is -0.494 e. The predicted octanol–water partition coefficient (Wildman–Crippen LogP) is 4.81. The number of ether oxygens (including phenoxy) is 1. The first-order valence-corrected chi connectivity index (χ1v) is 10.1. The van der Waals surface area contributed by atoms with E-state index in [2.05, 4.69) is 29.7 Å².